The van der Waals surface area contributed by atoms with E-state index in [0.717, 1.165) is 16.5 Å². The zero-order valence-corrected chi connectivity index (χ0v) is 42.3. The number of alkyl carbamates (subject to hydrolysis) is 1. The maximum absolute atomic E-state index is 13.6. The van der Waals surface area contributed by atoms with Crippen LogP contribution < -0.4 is 37.2 Å². The van der Waals surface area contributed by atoms with E-state index in [9.17, 15) is 68.1 Å². The molecule has 1 aromatic carbocycles. The zero-order chi connectivity index (χ0) is 53.4. The Labute approximate surface area is 421 Å². The predicted molar refractivity (Wildman–Crippen MR) is 260 cm³/mol. The summed E-state index contributed by atoms with van der Waals surface area (Å²) in [6, 6.07) is 1.04. The van der Waals surface area contributed by atoms with Crippen molar-refractivity contribution < 1.29 is 77.9 Å². The van der Waals surface area contributed by atoms with Crippen LogP contribution in [0.2, 0.25) is 0 Å². The van der Waals surface area contributed by atoms with E-state index >= 15 is 0 Å². The van der Waals surface area contributed by atoms with Crippen LogP contribution >= 0.6 is 15.9 Å². The molecule has 7 amide bonds. The SMILES string of the molecule is CC(C)(C)OC(=O)NCCCCC(NC(=O)CCCCCCCNC(=O)CCC(NC(=O)NC(CCC(=O)O)C(=O)O)C(=O)O)C(=O)N[C@@H](CCCCNC(=O)CCCc1ccc(Br)cc1)C(=O)C(=O)O. The molecule has 11 N–H and O–H groups in total. The second-order valence-corrected chi connectivity index (χ2v) is 18.8. The number of benzene rings is 1. The lowest BCUT2D eigenvalue weighted by atomic mass is 10.0. The Kier molecular flexibility index (Phi) is 30.8. The summed E-state index contributed by atoms with van der Waals surface area (Å²) in [5.74, 6) is -9.06. The number of amides is 7. The van der Waals surface area contributed by atoms with Gasteiger partial charge < -0.3 is 62.4 Å². The minimum absolute atomic E-state index is 0.0267. The van der Waals surface area contributed by atoms with Crippen LogP contribution in [-0.2, 0) is 54.3 Å². The molecule has 0 aliphatic carbocycles. The van der Waals surface area contributed by atoms with Gasteiger partial charge in [-0.05, 0) is 116 Å². The number of aryl methyl sites for hydroxylation is 1. The van der Waals surface area contributed by atoms with Crippen molar-refractivity contribution in [1.29, 1.82) is 0 Å². The lowest BCUT2D eigenvalue weighted by molar-refractivity contribution is -0.150. The van der Waals surface area contributed by atoms with Crippen molar-refractivity contribution in [2.24, 2.45) is 0 Å². The van der Waals surface area contributed by atoms with Crippen molar-refractivity contribution in [2.45, 2.75) is 173 Å². The lowest BCUT2D eigenvalue weighted by Crippen LogP contribution is -2.52. The standard InChI is InChI=1S/C47H72BrN7O16/c1-47(2,3)71-46(70)51-29-12-9-16-33(41(62)53-32(40(61)44(67)68)15-8-11-28-49-36(56)18-13-14-30-19-21-31(48)22-20-30)52-38(58)17-7-5-4-6-10-27-50-37(57)25-23-34(42(63)64)54-45(69)55-35(43(65)66)24-26-39(59)60/h19-22,32-35H,4-18,23-29H2,1-3H3,(H,49,56)(H,50,57)(H,51,70)(H,52,58)(H,53,62)(H,59,60)(H,63,64)(H,65,66)(H,67,68)(H2,54,55,69)/t32-,33?,34?,35?/m0/s1. The van der Waals surface area contributed by atoms with Gasteiger partial charge in [0.05, 0.1) is 6.04 Å². The van der Waals surface area contributed by atoms with Crippen LogP contribution in [0.15, 0.2) is 28.7 Å². The first-order chi connectivity index (χ1) is 33.5. The highest BCUT2D eigenvalue weighted by molar-refractivity contribution is 9.10. The summed E-state index contributed by atoms with van der Waals surface area (Å²) in [6.07, 6.45) is 4.06. The second-order valence-electron chi connectivity index (χ2n) is 17.8. The summed E-state index contributed by atoms with van der Waals surface area (Å²) in [5.41, 5.74) is 0.399. The molecular weight excluding hydrogens is 998 g/mol. The maximum atomic E-state index is 13.6. The number of carbonyl (C=O) groups excluding carboxylic acids is 7. The van der Waals surface area contributed by atoms with E-state index in [1.165, 1.54) is 0 Å². The number of ether oxygens (including phenoxy) is 1. The zero-order valence-electron chi connectivity index (χ0n) is 40.7. The van der Waals surface area contributed by atoms with Gasteiger partial charge in [0.1, 0.15) is 23.7 Å². The van der Waals surface area contributed by atoms with Crippen LogP contribution in [0.5, 0.6) is 0 Å². The fourth-order valence-corrected chi connectivity index (χ4v) is 7.03. The first kappa shape index (κ1) is 62.7. The average molecular weight is 1070 g/mol. The van der Waals surface area contributed by atoms with Crippen LogP contribution in [0.3, 0.4) is 0 Å². The molecule has 23 nitrogen and oxygen atoms in total. The number of hydrogen-bond acceptors (Lipinski definition) is 12. The van der Waals surface area contributed by atoms with Crippen LogP contribution in [-0.4, -0.2) is 135 Å². The molecule has 4 atom stereocenters. The second kappa shape index (κ2) is 34.9. The predicted octanol–water partition coefficient (Wildman–Crippen LogP) is 3.68. The molecule has 71 heavy (non-hydrogen) atoms. The third-order valence-electron chi connectivity index (χ3n) is 10.5. The van der Waals surface area contributed by atoms with E-state index in [1.807, 2.05) is 29.6 Å². The van der Waals surface area contributed by atoms with E-state index in [2.05, 4.69) is 47.8 Å². The molecule has 0 fully saturated rings. The average Bonchev–Trinajstić information content (AvgIpc) is 3.28. The van der Waals surface area contributed by atoms with Crippen LogP contribution in [0.25, 0.3) is 0 Å². The summed E-state index contributed by atoms with van der Waals surface area (Å²) in [7, 11) is 0. The number of carboxylic acid groups (broad SMARTS) is 4. The van der Waals surface area contributed by atoms with Crippen LogP contribution in [0.4, 0.5) is 9.59 Å². The Bertz CT molecular complexity index is 1930. The number of carbonyl (C=O) groups is 11. The molecule has 0 aromatic heterocycles. The minimum atomic E-state index is -1.74. The molecule has 0 saturated carbocycles. The van der Waals surface area contributed by atoms with Crippen molar-refractivity contribution >= 4 is 81.3 Å². The fraction of sp³-hybridized carbons (Fsp3) is 0.638. The van der Waals surface area contributed by atoms with Gasteiger partial charge in [-0.3, -0.25) is 28.8 Å². The smallest absolute Gasteiger partial charge is 0.407 e. The quantitative estimate of drug-likeness (QED) is 0.0334. The third-order valence-corrected chi connectivity index (χ3v) is 11.1. The van der Waals surface area contributed by atoms with Gasteiger partial charge in [0, 0.05) is 49.8 Å². The number of Topliss-reactive ketones (excluding diaryl/α,β-unsaturated/α-hetero) is 1. The monoisotopic (exact) mass is 1070 g/mol. The highest BCUT2D eigenvalue weighted by atomic mass is 79.9. The third kappa shape index (κ3) is 31.5. The lowest BCUT2D eigenvalue weighted by Gasteiger charge is -2.22. The molecule has 0 radical (unpaired) electrons. The van der Waals surface area contributed by atoms with Crippen molar-refractivity contribution in [1.82, 2.24) is 37.2 Å². The Morgan fingerprint density at radius 3 is 1.56 bits per heavy atom. The van der Waals surface area contributed by atoms with Crippen molar-refractivity contribution in [3.63, 3.8) is 0 Å². The van der Waals surface area contributed by atoms with E-state index in [1.54, 1.807) is 20.8 Å². The Morgan fingerprint density at radius 2 is 1.01 bits per heavy atom. The Balaban J connectivity index is 2.63. The van der Waals surface area contributed by atoms with Crippen molar-refractivity contribution in [2.75, 3.05) is 19.6 Å². The highest BCUT2D eigenvalue weighted by Crippen LogP contribution is 2.14. The first-order valence-corrected chi connectivity index (χ1v) is 24.6. The van der Waals surface area contributed by atoms with Crippen molar-refractivity contribution in [3.8, 4) is 0 Å². The van der Waals surface area contributed by atoms with Crippen molar-refractivity contribution in [3.05, 3.63) is 34.3 Å². The number of nitrogens with one attached hydrogen (secondary N) is 7. The minimum Gasteiger partial charge on any atom is -0.481 e. The molecule has 0 spiro atoms. The van der Waals surface area contributed by atoms with E-state index in [4.69, 9.17) is 9.84 Å². The molecule has 1 aromatic rings. The molecule has 0 bridgehead atoms. The highest BCUT2D eigenvalue weighted by Gasteiger charge is 2.30. The molecule has 0 saturated heterocycles. The summed E-state index contributed by atoms with van der Waals surface area (Å²) in [6.45, 7) is 5.91. The fourth-order valence-electron chi connectivity index (χ4n) is 6.77. The summed E-state index contributed by atoms with van der Waals surface area (Å²) in [4.78, 5) is 134. The number of ketones is 1. The first-order valence-electron chi connectivity index (χ1n) is 23.8. The molecule has 1 rings (SSSR count). The maximum Gasteiger partial charge on any atom is 0.407 e. The number of rotatable bonds is 37. The van der Waals surface area contributed by atoms with Gasteiger partial charge in [0.25, 0.3) is 5.78 Å². The molecule has 0 heterocycles. The van der Waals surface area contributed by atoms with Gasteiger partial charge in [-0.25, -0.2) is 24.0 Å². The summed E-state index contributed by atoms with van der Waals surface area (Å²) < 4.78 is 6.20. The number of aliphatic carboxylic acids is 4. The number of carboxylic acids is 4. The van der Waals surface area contributed by atoms with E-state index < -0.39 is 102 Å². The van der Waals surface area contributed by atoms with Gasteiger partial charge in [0.2, 0.25) is 23.6 Å². The molecule has 398 valence electrons. The molecule has 24 heteroatoms. The molecule has 0 aliphatic heterocycles. The number of halogens is 1. The Morgan fingerprint density at radius 1 is 0.521 bits per heavy atom. The van der Waals surface area contributed by atoms with Gasteiger partial charge in [-0.15, -0.1) is 0 Å². The topological polar surface area (TPSA) is 362 Å². The van der Waals surface area contributed by atoms with Gasteiger partial charge in [0.15, 0.2) is 0 Å². The molecule has 3 unspecified atom stereocenters. The molecular formula is C47H72BrN7O16. The molecule has 0 aliphatic rings. The van der Waals surface area contributed by atoms with Gasteiger partial charge in [-0.1, -0.05) is 47.3 Å². The van der Waals surface area contributed by atoms with Crippen LogP contribution in [0, 0.1) is 0 Å². The number of hydrogen-bond donors (Lipinski definition) is 11. The normalized spacial score (nSPS) is 12.7. The van der Waals surface area contributed by atoms with Crippen LogP contribution in [0.1, 0.15) is 142 Å². The van der Waals surface area contributed by atoms with Gasteiger partial charge >= 0.3 is 36.0 Å². The number of urea groups is 1. The number of unbranched alkanes of at least 4 members (excludes halogenated alkanes) is 6. The summed E-state index contributed by atoms with van der Waals surface area (Å²) >= 11 is 3.39. The van der Waals surface area contributed by atoms with Gasteiger partial charge in [-0.2, -0.15) is 0 Å². The van der Waals surface area contributed by atoms with E-state index in [-0.39, 0.29) is 57.6 Å². The summed E-state index contributed by atoms with van der Waals surface area (Å²) in [5, 5.41) is 54.3. The van der Waals surface area contributed by atoms with E-state index in [0.29, 0.717) is 70.6 Å². The Hall–Kier alpha value is -6.33. The largest absolute Gasteiger partial charge is 0.481 e.